The van der Waals surface area contributed by atoms with E-state index in [-0.39, 0.29) is 0 Å². The summed E-state index contributed by atoms with van der Waals surface area (Å²) in [6, 6.07) is 14.1. The van der Waals surface area contributed by atoms with Crippen LogP contribution < -0.4 is 9.47 Å². The van der Waals surface area contributed by atoms with Crippen LogP contribution in [-0.4, -0.2) is 40.1 Å². The van der Waals surface area contributed by atoms with Crippen LogP contribution in [0.4, 0.5) is 0 Å². The van der Waals surface area contributed by atoms with Gasteiger partial charge in [-0.15, -0.1) is 10.2 Å². The molecule has 7 heteroatoms. The first-order chi connectivity index (χ1) is 14.2. The van der Waals surface area contributed by atoms with Crippen LogP contribution in [0.1, 0.15) is 24.0 Å². The number of thioether (sulfide) groups is 1. The maximum Gasteiger partial charge on any atom is 0.212 e. The molecule has 0 saturated heterocycles. The van der Waals surface area contributed by atoms with E-state index in [1.807, 2.05) is 28.9 Å². The van der Waals surface area contributed by atoms with Gasteiger partial charge in [-0.3, -0.25) is 0 Å². The van der Waals surface area contributed by atoms with Crippen molar-refractivity contribution >= 4 is 17.5 Å². The molecule has 2 aliphatic rings. The van der Waals surface area contributed by atoms with E-state index < -0.39 is 0 Å². The zero-order chi connectivity index (χ0) is 19.8. The minimum Gasteiger partial charge on any atom is -0.496 e. The summed E-state index contributed by atoms with van der Waals surface area (Å²) in [6.45, 7) is 2.89. The molecule has 0 unspecified atom stereocenters. The SMILES string of the molecule is COc1ccccc1-c1nnc2n1N=C(c1ccc(C)c(OCC3CC3)c1)CS2. The first-order valence-electron chi connectivity index (χ1n) is 9.76. The molecule has 148 valence electrons. The fourth-order valence-corrected chi connectivity index (χ4v) is 4.13. The van der Waals surface area contributed by atoms with E-state index in [4.69, 9.17) is 14.6 Å². The summed E-state index contributed by atoms with van der Waals surface area (Å²) in [7, 11) is 1.66. The van der Waals surface area contributed by atoms with Gasteiger partial charge in [-0.05, 0) is 49.4 Å². The second kappa shape index (κ2) is 7.55. The van der Waals surface area contributed by atoms with E-state index in [0.29, 0.717) is 5.82 Å². The molecule has 29 heavy (non-hydrogen) atoms. The van der Waals surface area contributed by atoms with Gasteiger partial charge in [0.05, 0.1) is 25.0 Å². The maximum atomic E-state index is 6.06. The molecule has 2 heterocycles. The third kappa shape index (κ3) is 3.62. The Kier molecular flexibility index (Phi) is 4.75. The average Bonchev–Trinajstić information content (AvgIpc) is 3.50. The Bertz CT molecular complexity index is 1090. The second-order valence-corrected chi connectivity index (χ2v) is 8.33. The number of ether oxygens (including phenoxy) is 2. The molecule has 6 nitrogen and oxygen atoms in total. The van der Waals surface area contributed by atoms with Gasteiger partial charge in [0.2, 0.25) is 5.16 Å². The summed E-state index contributed by atoms with van der Waals surface area (Å²) in [6.07, 6.45) is 2.56. The number of methoxy groups -OCH3 is 1. The topological polar surface area (TPSA) is 61.5 Å². The van der Waals surface area contributed by atoms with E-state index in [0.717, 1.165) is 57.3 Å². The Morgan fingerprint density at radius 3 is 2.79 bits per heavy atom. The monoisotopic (exact) mass is 406 g/mol. The van der Waals surface area contributed by atoms with Crippen molar-refractivity contribution < 1.29 is 9.47 Å². The van der Waals surface area contributed by atoms with Gasteiger partial charge in [-0.25, -0.2) is 0 Å². The first kappa shape index (κ1) is 18.2. The van der Waals surface area contributed by atoms with Gasteiger partial charge in [0.1, 0.15) is 11.5 Å². The predicted octanol–water partition coefficient (Wildman–Crippen LogP) is 4.41. The van der Waals surface area contributed by atoms with E-state index in [2.05, 4.69) is 35.3 Å². The lowest BCUT2D eigenvalue weighted by Gasteiger charge is -2.16. The number of benzene rings is 2. The van der Waals surface area contributed by atoms with Crippen LogP contribution in [0.25, 0.3) is 11.4 Å². The highest BCUT2D eigenvalue weighted by molar-refractivity contribution is 7.99. The van der Waals surface area contributed by atoms with Gasteiger partial charge in [-0.1, -0.05) is 36.0 Å². The zero-order valence-electron chi connectivity index (χ0n) is 16.5. The number of para-hydroxylation sites is 1. The number of hydrogen-bond acceptors (Lipinski definition) is 6. The van der Waals surface area contributed by atoms with E-state index in [9.17, 15) is 0 Å². The van der Waals surface area contributed by atoms with Gasteiger partial charge in [0.15, 0.2) is 5.82 Å². The van der Waals surface area contributed by atoms with Gasteiger partial charge in [-0.2, -0.15) is 9.78 Å². The third-order valence-corrected chi connectivity index (χ3v) is 6.14. The highest BCUT2D eigenvalue weighted by Gasteiger charge is 2.24. The molecule has 0 spiro atoms. The lowest BCUT2D eigenvalue weighted by molar-refractivity contribution is 0.298. The third-order valence-electron chi connectivity index (χ3n) is 5.21. The van der Waals surface area contributed by atoms with E-state index in [1.54, 1.807) is 18.9 Å². The summed E-state index contributed by atoms with van der Waals surface area (Å²) >= 11 is 1.64. The van der Waals surface area contributed by atoms with Gasteiger partial charge >= 0.3 is 0 Å². The molecule has 2 aromatic carbocycles. The molecular weight excluding hydrogens is 384 g/mol. The van der Waals surface area contributed by atoms with E-state index in [1.165, 1.54) is 12.8 Å². The molecule has 1 aromatic heterocycles. The summed E-state index contributed by atoms with van der Waals surface area (Å²) in [5.41, 5.74) is 4.07. The van der Waals surface area contributed by atoms with Crippen LogP contribution in [0.2, 0.25) is 0 Å². The summed E-state index contributed by atoms with van der Waals surface area (Å²) < 4.78 is 13.4. The number of rotatable bonds is 6. The number of aryl methyl sites for hydroxylation is 1. The smallest absolute Gasteiger partial charge is 0.212 e. The van der Waals surface area contributed by atoms with Gasteiger partial charge in [0, 0.05) is 11.3 Å². The maximum absolute atomic E-state index is 6.06. The Balaban J connectivity index is 1.50. The van der Waals surface area contributed by atoms with Crippen LogP contribution in [0.3, 0.4) is 0 Å². The van der Waals surface area contributed by atoms with Crippen LogP contribution in [-0.2, 0) is 0 Å². The molecule has 0 N–H and O–H groups in total. The quantitative estimate of drug-likeness (QED) is 0.607. The fourth-order valence-electron chi connectivity index (χ4n) is 3.29. The molecule has 3 aromatic rings. The molecule has 0 bridgehead atoms. The van der Waals surface area contributed by atoms with Gasteiger partial charge in [0.25, 0.3) is 0 Å². The first-order valence-corrected chi connectivity index (χ1v) is 10.7. The van der Waals surface area contributed by atoms with E-state index >= 15 is 0 Å². The van der Waals surface area contributed by atoms with Crippen molar-refractivity contribution in [2.24, 2.45) is 11.0 Å². The molecule has 0 atom stereocenters. The summed E-state index contributed by atoms with van der Waals surface area (Å²) in [4.78, 5) is 0. The normalized spacial score (nSPS) is 15.6. The summed E-state index contributed by atoms with van der Waals surface area (Å²) in [5.74, 6) is 3.85. The Labute approximate surface area is 173 Å². The highest BCUT2D eigenvalue weighted by Crippen LogP contribution is 2.34. The Morgan fingerprint density at radius 1 is 1.10 bits per heavy atom. The minimum absolute atomic E-state index is 0.680. The standard InChI is InChI=1S/C22H22N4O2S/c1-14-7-10-16(11-20(14)28-12-15-8-9-15)18-13-29-22-24-23-21(26(22)25-18)17-5-3-4-6-19(17)27-2/h3-7,10-11,15H,8-9,12-13H2,1-2H3. The number of fused-ring (bicyclic) bond motifs is 1. The van der Waals surface area contributed by atoms with Crippen molar-refractivity contribution in [3.63, 3.8) is 0 Å². The Hall–Kier alpha value is -2.80. The number of nitrogens with zero attached hydrogens (tertiary/aromatic N) is 4. The second-order valence-electron chi connectivity index (χ2n) is 7.39. The molecule has 1 fully saturated rings. The molecule has 0 radical (unpaired) electrons. The largest absolute Gasteiger partial charge is 0.496 e. The Morgan fingerprint density at radius 2 is 1.97 bits per heavy atom. The summed E-state index contributed by atoms with van der Waals surface area (Å²) in [5, 5.41) is 14.4. The molecule has 5 rings (SSSR count). The van der Waals surface area contributed by atoms with Crippen molar-refractivity contribution in [1.29, 1.82) is 0 Å². The highest BCUT2D eigenvalue weighted by atomic mass is 32.2. The van der Waals surface area contributed by atoms with Crippen LogP contribution in [0, 0.1) is 12.8 Å². The van der Waals surface area contributed by atoms with Crippen molar-refractivity contribution in [3.8, 4) is 22.9 Å². The predicted molar refractivity (Wildman–Crippen MR) is 114 cm³/mol. The fraction of sp³-hybridized carbons (Fsp3) is 0.318. The molecular formula is C22H22N4O2S. The molecule has 0 amide bonds. The van der Waals surface area contributed by atoms with Crippen molar-refractivity contribution in [2.45, 2.75) is 24.9 Å². The van der Waals surface area contributed by atoms with Crippen LogP contribution in [0.5, 0.6) is 11.5 Å². The number of aromatic nitrogens is 3. The molecule has 1 aliphatic heterocycles. The molecule has 1 saturated carbocycles. The van der Waals surface area contributed by atoms with Crippen molar-refractivity contribution in [3.05, 3.63) is 53.6 Å². The lowest BCUT2D eigenvalue weighted by Crippen LogP contribution is -2.14. The zero-order valence-corrected chi connectivity index (χ0v) is 17.3. The number of hydrogen-bond donors (Lipinski definition) is 0. The van der Waals surface area contributed by atoms with Crippen molar-refractivity contribution in [2.75, 3.05) is 19.5 Å². The molecule has 1 aliphatic carbocycles. The van der Waals surface area contributed by atoms with Crippen molar-refractivity contribution in [1.82, 2.24) is 14.9 Å². The van der Waals surface area contributed by atoms with Crippen LogP contribution >= 0.6 is 11.8 Å². The van der Waals surface area contributed by atoms with Crippen LogP contribution in [0.15, 0.2) is 52.7 Å². The average molecular weight is 407 g/mol. The van der Waals surface area contributed by atoms with Gasteiger partial charge < -0.3 is 9.47 Å². The lowest BCUT2D eigenvalue weighted by atomic mass is 10.1. The minimum atomic E-state index is 0.680.